The van der Waals surface area contributed by atoms with Crippen molar-refractivity contribution in [2.45, 2.75) is 19.5 Å². The summed E-state index contributed by atoms with van der Waals surface area (Å²) in [4.78, 5) is 13.9. The molecule has 1 aliphatic heterocycles. The van der Waals surface area contributed by atoms with Crippen LogP contribution in [0.5, 0.6) is 0 Å². The molecule has 1 aliphatic rings. The Balaban J connectivity index is 1.84. The molecule has 2 aromatic heterocycles. The van der Waals surface area contributed by atoms with Gasteiger partial charge in [0.2, 0.25) is 0 Å². The molecule has 0 spiro atoms. The number of amides is 1. The number of carbonyl (C=O) groups excluding carboxylic acids is 1. The molecule has 94 valence electrons. The van der Waals surface area contributed by atoms with Crippen molar-refractivity contribution >= 4 is 5.91 Å². The molecule has 0 saturated heterocycles. The molecule has 2 N–H and O–H groups in total. The predicted octanol–water partition coefficient (Wildman–Crippen LogP) is 0.925. The number of nitrogens with zero attached hydrogens (tertiary/aromatic N) is 2. The van der Waals surface area contributed by atoms with Gasteiger partial charge in [-0.25, -0.2) is 0 Å². The summed E-state index contributed by atoms with van der Waals surface area (Å²) in [6, 6.07) is 3.36. The number of furan rings is 1. The molecule has 6 heteroatoms. The van der Waals surface area contributed by atoms with E-state index in [4.69, 9.17) is 14.7 Å². The first-order valence-electron chi connectivity index (χ1n) is 5.78. The van der Waals surface area contributed by atoms with Crippen LogP contribution in [-0.4, -0.2) is 22.5 Å². The fourth-order valence-electron chi connectivity index (χ4n) is 2.15. The first kappa shape index (κ1) is 11.0. The Morgan fingerprint density at radius 1 is 1.56 bits per heavy atom. The highest BCUT2D eigenvalue weighted by Crippen LogP contribution is 2.23. The fourth-order valence-corrected chi connectivity index (χ4v) is 2.15. The molecule has 0 bridgehead atoms. The summed E-state index contributed by atoms with van der Waals surface area (Å²) in [5.74, 6) is 1.07. The minimum absolute atomic E-state index is 0.116. The first-order valence-corrected chi connectivity index (χ1v) is 5.78. The third-order valence-corrected chi connectivity index (χ3v) is 3.12. The molecule has 0 atom stereocenters. The van der Waals surface area contributed by atoms with Crippen molar-refractivity contribution in [3.05, 3.63) is 41.2 Å². The Bertz CT molecular complexity index is 546. The van der Waals surface area contributed by atoms with Crippen molar-refractivity contribution in [2.75, 3.05) is 6.54 Å². The molecule has 6 nitrogen and oxygen atoms in total. The second-order valence-corrected chi connectivity index (χ2v) is 4.19. The molecule has 0 fully saturated rings. The smallest absolute Gasteiger partial charge is 0.289 e. The van der Waals surface area contributed by atoms with Crippen molar-refractivity contribution in [3.63, 3.8) is 0 Å². The summed E-state index contributed by atoms with van der Waals surface area (Å²) in [5.41, 5.74) is 7.25. The molecular weight excluding hydrogens is 234 g/mol. The second-order valence-electron chi connectivity index (χ2n) is 4.19. The molecule has 3 heterocycles. The Morgan fingerprint density at radius 2 is 2.44 bits per heavy atom. The van der Waals surface area contributed by atoms with Gasteiger partial charge in [-0.2, -0.15) is 0 Å². The van der Waals surface area contributed by atoms with E-state index < -0.39 is 0 Å². The molecular formula is C12H13N3O3. The minimum atomic E-state index is -0.116. The van der Waals surface area contributed by atoms with E-state index in [2.05, 4.69) is 5.16 Å². The normalized spacial score (nSPS) is 14.6. The Morgan fingerprint density at radius 3 is 3.17 bits per heavy atom. The van der Waals surface area contributed by atoms with E-state index in [1.54, 1.807) is 17.0 Å². The standard InChI is InChI=1S/C12H13N3O3/c13-6-9-8-7-15(4-3-10(8)18-14-9)12(16)11-2-1-5-17-11/h1-2,5H,3-4,6-7,13H2. The predicted molar refractivity (Wildman–Crippen MR) is 61.5 cm³/mol. The van der Waals surface area contributed by atoms with Gasteiger partial charge in [-0.1, -0.05) is 5.16 Å². The van der Waals surface area contributed by atoms with E-state index in [0.29, 0.717) is 31.8 Å². The van der Waals surface area contributed by atoms with E-state index in [-0.39, 0.29) is 5.91 Å². The highest BCUT2D eigenvalue weighted by Gasteiger charge is 2.27. The molecule has 0 radical (unpaired) electrons. The molecule has 0 unspecified atom stereocenters. The third kappa shape index (κ3) is 1.70. The lowest BCUT2D eigenvalue weighted by Gasteiger charge is -2.25. The quantitative estimate of drug-likeness (QED) is 0.853. The largest absolute Gasteiger partial charge is 0.459 e. The topological polar surface area (TPSA) is 85.5 Å². The van der Waals surface area contributed by atoms with Crippen molar-refractivity contribution in [1.82, 2.24) is 10.1 Å². The molecule has 2 aromatic rings. The van der Waals surface area contributed by atoms with Gasteiger partial charge in [0.15, 0.2) is 5.76 Å². The number of hydrogen-bond acceptors (Lipinski definition) is 5. The van der Waals surface area contributed by atoms with Crippen LogP contribution in [-0.2, 0) is 19.5 Å². The van der Waals surface area contributed by atoms with Crippen LogP contribution in [0.15, 0.2) is 27.3 Å². The molecule has 0 aliphatic carbocycles. The number of nitrogens with two attached hydrogens (primary N) is 1. The van der Waals surface area contributed by atoms with Crippen LogP contribution in [0.2, 0.25) is 0 Å². The van der Waals surface area contributed by atoms with Crippen molar-refractivity contribution in [1.29, 1.82) is 0 Å². The van der Waals surface area contributed by atoms with Gasteiger partial charge in [-0.3, -0.25) is 4.79 Å². The lowest BCUT2D eigenvalue weighted by Crippen LogP contribution is -2.35. The van der Waals surface area contributed by atoms with Crippen molar-refractivity contribution < 1.29 is 13.7 Å². The molecule has 3 rings (SSSR count). The summed E-state index contributed by atoms with van der Waals surface area (Å²) < 4.78 is 10.3. The zero-order valence-corrected chi connectivity index (χ0v) is 9.76. The van der Waals surface area contributed by atoms with Crippen LogP contribution in [0.25, 0.3) is 0 Å². The van der Waals surface area contributed by atoms with E-state index >= 15 is 0 Å². The van der Waals surface area contributed by atoms with Crippen LogP contribution in [0.4, 0.5) is 0 Å². The highest BCUT2D eigenvalue weighted by atomic mass is 16.5. The van der Waals surface area contributed by atoms with Gasteiger partial charge in [0, 0.05) is 25.1 Å². The average Bonchev–Trinajstić information content (AvgIpc) is 3.06. The van der Waals surface area contributed by atoms with E-state index in [1.165, 1.54) is 6.26 Å². The fraction of sp³-hybridized carbons (Fsp3) is 0.333. The Kier molecular flexibility index (Phi) is 2.64. The average molecular weight is 247 g/mol. The van der Waals surface area contributed by atoms with Crippen molar-refractivity contribution in [3.8, 4) is 0 Å². The minimum Gasteiger partial charge on any atom is -0.459 e. The number of rotatable bonds is 2. The maximum atomic E-state index is 12.1. The van der Waals surface area contributed by atoms with E-state index in [1.807, 2.05) is 0 Å². The lowest BCUT2D eigenvalue weighted by molar-refractivity contribution is 0.0696. The molecule has 1 amide bonds. The summed E-state index contributed by atoms with van der Waals surface area (Å²) in [6.07, 6.45) is 2.15. The second kappa shape index (κ2) is 4.30. The summed E-state index contributed by atoms with van der Waals surface area (Å²) in [7, 11) is 0. The van der Waals surface area contributed by atoms with Crippen LogP contribution >= 0.6 is 0 Å². The molecule has 18 heavy (non-hydrogen) atoms. The van der Waals surface area contributed by atoms with Crippen LogP contribution in [0, 0.1) is 0 Å². The first-order chi connectivity index (χ1) is 8.79. The van der Waals surface area contributed by atoms with Gasteiger partial charge >= 0.3 is 0 Å². The maximum absolute atomic E-state index is 12.1. The van der Waals surface area contributed by atoms with Gasteiger partial charge in [-0.15, -0.1) is 0 Å². The Hall–Kier alpha value is -2.08. The summed E-state index contributed by atoms with van der Waals surface area (Å²) in [6.45, 7) is 1.40. The van der Waals surface area contributed by atoms with E-state index in [9.17, 15) is 4.79 Å². The number of carbonyl (C=O) groups is 1. The summed E-state index contributed by atoms with van der Waals surface area (Å²) >= 11 is 0. The number of hydrogen-bond donors (Lipinski definition) is 1. The van der Waals surface area contributed by atoms with E-state index in [0.717, 1.165) is 17.0 Å². The van der Waals surface area contributed by atoms with Gasteiger partial charge in [0.05, 0.1) is 12.8 Å². The van der Waals surface area contributed by atoms with Crippen LogP contribution < -0.4 is 5.73 Å². The van der Waals surface area contributed by atoms with Gasteiger partial charge < -0.3 is 19.6 Å². The van der Waals surface area contributed by atoms with Gasteiger partial charge in [0.25, 0.3) is 5.91 Å². The van der Waals surface area contributed by atoms with Crippen LogP contribution in [0.1, 0.15) is 27.6 Å². The highest BCUT2D eigenvalue weighted by molar-refractivity contribution is 5.91. The Labute approximate surface area is 103 Å². The van der Waals surface area contributed by atoms with Crippen LogP contribution in [0.3, 0.4) is 0 Å². The lowest BCUT2D eigenvalue weighted by atomic mass is 10.1. The van der Waals surface area contributed by atoms with Crippen molar-refractivity contribution in [2.24, 2.45) is 5.73 Å². The zero-order chi connectivity index (χ0) is 12.5. The third-order valence-electron chi connectivity index (χ3n) is 3.12. The molecule has 0 saturated carbocycles. The summed E-state index contributed by atoms with van der Waals surface area (Å²) in [5, 5.41) is 3.91. The SMILES string of the molecule is NCc1noc2c1CN(C(=O)c1ccco1)CC2. The van der Waals surface area contributed by atoms with Gasteiger partial charge in [-0.05, 0) is 12.1 Å². The zero-order valence-electron chi connectivity index (χ0n) is 9.76. The number of aromatic nitrogens is 1. The monoisotopic (exact) mass is 247 g/mol. The molecule has 0 aromatic carbocycles. The van der Waals surface area contributed by atoms with Gasteiger partial charge in [0.1, 0.15) is 11.5 Å². The maximum Gasteiger partial charge on any atom is 0.289 e. The number of fused-ring (bicyclic) bond motifs is 1.